The van der Waals surface area contributed by atoms with Gasteiger partial charge in [-0.15, -0.1) is 0 Å². The first-order valence-corrected chi connectivity index (χ1v) is 30.9. The second kappa shape index (κ2) is 25.6. The van der Waals surface area contributed by atoms with Gasteiger partial charge in [-0.25, -0.2) is 142 Å². The van der Waals surface area contributed by atoms with E-state index in [9.17, 15) is 17.6 Å². The molecule has 0 amide bonds. The van der Waals surface area contributed by atoms with Crippen LogP contribution in [0.2, 0.25) is 0 Å². The Kier molecular flexibility index (Phi) is 16.7. The lowest BCUT2D eigenvalue weighted by atomic mass is 9.96. The van der Waals surface area contributed by atoms with Gasteiger partial charge in [-0.05, 0) is 85.0 Å². The van der Waals surface area contributed by atoms with E-state index in [1.54, 1.807) is 0 Å². The van der Waals surface area contributed by atoms with Crippen molar-refractivity contribution in [2.24, 2.45) is 0 Å². The van der Waals surface area contributed by atoms with Crippen molar-refractivity contribution in [1.82, 2.24) is 39.9 Å². The third-order valence-corrected chi connectivity index (χ3v) is 18.4. The van der Waals surface area contributed by atoms with E-state index in [2.05, 4.69) is 39.9 Å². The van der Waals surface area contributed by atoms with E-state index in [1.165, 1.54) is 0 Å². The average Bonchev–Trinajstić information content (AvgIpc) is 1.56. The maximum atomic E-state index is 17.3. The monoisotopic (exact) mass is 1590 g/mol. The highest BCUT2D eigenvalue weighted by Crippen LogP contribution is 2.50. The van der Waals surface area contributed by atoms with Gasteiger partial charge in [-0.1, -0.05) is 0 Å². The Morgan fingerprint density at radius 2 is 0.304 bits per heavy atom. The van der Waals surface area contributed by atoms with E-state index in [-0.39, 0.29) is 0 Å². The second-order valence-corrected chi connectivity index (χ2v) is 24.4. The molecule has 6 aromatic carbocycles. The molecular weight excluding hydrogens is 1570 g/mol. The SMILES string of the molecule is Fc1c(F)c(F)c(-c2c3nc(c(-c4c(F)c(F)c(F)c(F)c4F)c4ccc([nH]4)c4cc(-c5cc6[nH]c5c(-c5c(F)c(F)c(F)c(F)c5F)c5ccc([nH]5)c(-c5c(F)c(F)c(F)c(F)c5F)c5nc(c(-c7c(F)c(F)c(F)c(F)c7F)c7ccc6[nH]7)C=C5)c([nH]4)c(-c4c(F)c(F)c(F)c(F)c4F)c4ccc2[nH]4)C=C3)c(F)c1F. The Bertz CT molecular complexity index is 6440. The van der Waals surface area contributed by atoms with Gasteiger partial charge in [-0.2, -0.15) is 0 Å². The van der Waals surface area contributed by atoms with Crippen LogP contribution in [0.15, 0.2) is 60.7 Å². The van der Waals surface area contributed by atoms with Crippen LogP contribution in [0.25, 0.3) is 168 Å². The summed E-state index contributed by atoms with van der Waals surface area (Å²) in [5, 5.41) is 0. The minimum Gasteiger partial charge on any atom is -0.354 e. The predicted molar refractivity (Wildman–Crippen MR) is 341 cm³/mol. The van der Waals surface area contributed by atoms with Crippen molar-refractivity contribution in [2.45, 2.75) is 0 Å². The van der Waals surface area contributed by atoms with Crippen molar-refractivity contribution in [2.75, 3.05) is 0 Å². The van der Waals surface area contributed by atoms with E-state index in [1.807, 2.05) is 0 Å². The molecule has 0 radical (unpaired) electrons. The molecule has 0 fully saturated rings. The first-order valence-electron chi connectivity index (χ1n) is 30.9. The summed E-state index contributed by atoms with van der Waals surface area (Å²) < 4.78 is 481. The molecule has 2 aliphatic heterocycles. The fourth-order valence-electron chi connectivity index (χ4n) is 13.4. The number of rotatable bonds is 7. The summed E-state index contributed by atoms with van der Waals surface area (Å²) in [6, 6.07) is 6.27. The number of hydrogen-bond donors (Lipinski definition) is 6. The largest absolute Gasteiger partial charge is 0.354 e. The maximum Gasteiger partial charge on any atom is 0.200 e. The topological polar surface area (TPSA) is 121 Å². The molecule has 14 aromatic rings. The van der Waals surface area contributed by atoms with E-state index in [4.69, 9.17) is 0 Å². The van der Waals surface area contributed by atoms with Gasteiger partial charge in [-0.3, -0.25) is 0 Å². The highest BCUT2D eigenvalue weighted by molar-refractivity contribution is 6.12. The molecule has 2 aliphatic rings. The standard InChI is InChI=1S/C74H20F30N8/c75-43-37(44(76)56(88)67(99)55(43)87)31-19-3-1-17(105-19)29-13-15(73(111-29)35(41-51(83)63(95)71(103)64(96)52(41)84)27-11-9-25(109-27)33(23-7-5-21(31)107-23)39-47(79)59(91)69(101)60(92)48(39)80)16-14-30-18-2-4-20(106-18)32(38-45(77)57(89)68(100)58(90)46(38)78)22-6-8-24(108-22)34(40-49(81)61(93)70(102)62(94)50(40)82)26-10-12-28(110-26)36(74(16)112-30)42-53(85)65(97)72(104)66(98)54(42)86/h1-14,105-106,109-112H. The molecule has 0 unspecified atom stereocenters. The van der Waals surface area contributed by atoms with Gasteiger partial charge in [0.2, 0.25) is 34.9 Å². The van der Waals surface area contributed by atoms with Crippen molar-refractivity contribution in [3.63, 3.8) is 0 Å². The van der Waals surface area contributed by atoms with Gasteiger partial charge in [0, 0.05) is 77.6 Å². The van der Waals surface area contributed by atoms with Crippen LogP contribution < -0.4 is 0 Å². The Hall–Kier alpha value is -13.3. The van der Waals surface area contributed by atoms with E-state index in [0.717, 1.165) is 12.1 Å². The van der Waals surface area contributed by atoms with Gasteiger partial charge in [0.1, 0.15) is 0 Å². The molecule has 0 aliphatic carbocycles. The highest BCUT2D eigenvalue weighted by Gasteiger charge is 2.38. The molecule has 0 spiro atoms. The van der Waals surface area contributed by atoms with Crippen LogP contribution in [0.1, 0.15) is 22.8 Å². The lowest BCUT2D eigenvalue weighted by Crippen LogP contribution is -2.05. The number of hydrogen-bond acceptors (Lipinski definition) is 2. The van der Waals surface area contributed by atoms with Crippen LogP contribution in [0.3, 0.4) is 0 Å². The number of halogens is 30. The number of benzene rings is 6. The zero-order valence-electron chi connectivity index (χ0n) is 53.3. The molecule has 0 saturated carbocycles. The zero-order chi connectivity index (χ0) is 80.2. The Labute approximate surface area is 596 Å². The van der Waals surface area contributed by atoms with Crippen molar-refractivity contribution in [1.29, 1.82) is 0 Å². The Morgan fingerprint density at radius 3 is 0.500 bits per heavy atom. The molecule has 6 N–H and O–H groups in total. The molecular formula is C74H20F30N8. The second-order valence-electron chi connectivity index (χ2n) is 24.4. The molecule has 8 aromatic heterocycles. The van der Waals surface area contributed by atoms with E-state index in [0.29, 0.717) is 72.8 Å². The summed E-state index contributed by atoms with van der Waals surface area (Å²) in [4.78, 5) is 22.6. The number of fused-ring (bicyclic) bond motifs is 18. The molecule has 8 nitrogen and oxygen atoms in total. The van der Waals surface area contributed by atoms with Crippen LogP contribution in [0.4, 0.5) is 132 Å². The first-order chi connectivity index (χ1) is 53.1. The summed E-state index contributed by atoms with van der Waals surface area (Å²) in [5.74, 6) is -83.6. The number of aromatic nitrogens is 8. The number of aromatic amines is 6. The lowest BCUT2D eigenvalue weighted by molar-refractivity contribution is 0.381. The van der Waals surface area contributed by atoms with Gasteiger partial charge in [0.15, 0.2) is 140 Å². The first kappa shape index (κ1) is 72.9. The molecule has 112 heavy (non-hydrogen) atoms. The van der Waals surface area contributed by atoms with Crippen LogP contribution in [0.5, 0.6) is 0 Å². The summed E-state index contributed by atoms with van der Waals surface area (Å²) in [7, 11) is 0. The smallest absolute Gasteiger partial charge is 0.200 e. The predicted octanol–water partition coefficient (Wildman–Crippen LogP) is 23.5. The summed E-state index contributed by atoms with van der Waals surface area (Å²) in [5.41, 5.74) is -39.6. The van der Waals surface area contributed by atoms with E-state index < -0.39 is 341 Å². The Balaban J connectivity index is 1.19. The Morgan fingerprint density at radius 1 is 0.152 bits per heavy atom. The maximum absolute atomic E-state index is 17.3. The minimum atomic E-state index is -2.93. The van der Waals surface area contributed by atoms with Crippen molar-refractivity contribution in [3.05, 3.63) is 258 Å². The molecule has 16 rings (SSSR count). The average molecular weight is 1590 g/mol. The van der Waals surface area contributed by atoms with Crippen molar-refractivity contribution < 1.29 is 132 Å². The van der Waals surface area contributed by atoms with Crippen LogP contribution in [0, 0.1) is 175 Å². The van der Waals surface area contributed by atoms with E-state index >= 15 is 114 Å². The van der Waals surface area contributed by atoms with Crippen LogP contribution in [-0.2, 0) is 0 Å². The zero-order valence-corrected chi connectivity index (χ0v) is 53.3. The van der Waals surface area contributed by atoms with Crippen molar-refractivity contribution in [3.8, 4) is 77.9 Å². The number of nitrogens with one attached hydrogen (secondary N) is 6. The fraction of sp³-hybridized carbons (Fsp3) is 0. The quantitative estimate of drug-likeness (QED) is 0.0541. The van der Waals surface area contributed by atoms with Gasteiger partial charge >= 0.3 is 0 Å². The molecule has 566 valence electrons. The molecule has 0 atom stereocenters. The van der Waals surface area contributed by atoms with Gasteiger partial charge < -0.3 is 29.9 Å². The van der Waals surface area contributed by atoms with Gasteiger partial charge in [0.05, 0.1) is 89.3 Å². The number of nitrogens with zero attached hydrogens (tertiary/aromatic N) is 2. The summed E-state index contributed by atoms with van der Waals surface area (Å²) in [6.45, 7) is 0. The fourth-order valence-corrected chi connectivity index (χ4v) is 13.4. The third-order valence-electron chi connectivity index (χ3n) is 18.4. The molecule has 10 heterocycles. The normalized spacial score (nSPS) is 12.3. The summed E-state index contributed by atoms with van der Waals surface area (Å²) in [6.07, 6.45) is 2.32. The minimum absolute atomic E-state index is 0.496. The van der Waals surface area contributed by atoms with Crippen LogP contribution >= 0.6 is 0 Å². The summed E-state index contributed by atoms with van der Waals surface area (Å²) >= 11 is 0. The van der Waals surface area contributed by atoms with Gasteiger partial charge in [0.25, 0.3) is 0 Å². The number of H-pyrrole nitrogens is 6. The molecule has 0 saturated heterocycles. The third kappa shape index (κ3) is 10.3. The van der Waals surface area contributed by atoms with Crippen LogP contribution in [-0.4, -0.2) is 39.9 Å². The molecule has 38 heteroatoms. The lowest BCUT2D eigenvalue weighted by Gasteiger charge is -2.12. The highest BCUT2D eigenvalue weighted by atomic mass is 19.2. The van der Waals surface area contributed by atoms with Crippen molar-refractivity contribution >= 4 is 90.5 Å². The molecule has 16 bridgehead atoms.